The SMILES string of the molecule is CNc1cc(C(=O)Nc2cc(C)ccc2C)cc(Cl)n1. The first-order chi connectivity index (χ1) is 9.49. The van der Waals surface area contributed by atoms with E-state index in [1.165, 1.54) is 0 Å². The van der Waals surface area contributed by atoms with Gasteiger partial charge in [-0.3, -0.25) is 4.79 Å². The highest BCUT2D eigenvalue weighted by Crippen LogP contribution is 2.19. The first-order valence-electron chi connectivity index (χ1n) is 6.23. The number of anilines is 2. The number of rotatable bonds is 3. The van der Waals surface area contributed by atoms with Gasteiger partial charge in [-0.25, -0.2) is 4.98 Å². The summed E-state index contributed by atoms with van der Waals surface area (Å²) in [6.45, 7) is 3.94. The summed E-state index contributed by atoms with van der Waals surface area (Å²) in [6.07, 6.45) is 0. The number of benzene rings is 1. The molecule has 0 aliphatic rings. The molecule has 5 heteroatoms. The molecule has 0 atom stereocenters. The summed E-state index contributed by atoms with van der Waals surface area (Å²) in [7, 11) is 1.73. The zero-order valence-electron chi connectivity index (χ0n) is 11.6. The van der Waals surface area contributed by atoms with E-state index >= 15 is 0 Å². The van der Waals surface area contributed by atoms with E-state index in [2.05, 4.69) is 15.6 Å². The van der Waals surface area contributed by atoms with E-state index in [1.54, 1.807) is 19.2 Å². The van der Waals surface area contributed by atoms with Crippen molar-refractivity contribution in [1.29, 1.82) is 0 Å². The van der Waals surface area contributed by atoms with Crippen LogP contribution in [0.25, 0.3) is 0 Å². The topological polar surface area (TPSA) is 54.0 Å². The fourth-order valence-electron chi connectivity index (χ4n) is 1.82. The second-order valence-electron chi connectivity index (χ2n) is 4.59. The Hall–Kier alpha value is -2.07. The molecule has 1 aromatic heterocycles. The summed E-state index contributed by atoms with van der Waals surface area (Å²) >= 11 is 5.90. The molecule has 1 aromatic carbocycles. The van der Waals surface area contributed by atoms with Gasteiger partial charge in [0.1, 0.15) is 11.0 Å². The predicted octanol–water partition coefficient (Wildman–Crippen LogP) is 3.65. The van der Waals surface area contributed by atoms with Crippen molar-refractivity contribution in [3.8, 4) is 0 Å². The van der Waals surface area contributed by atoms with Gasteiger partial charge in [-0.1, -0.05) is 23.7 Å². The second-order valence-corrected chi connectivity index (χ2v) is 4.97. The van der Waals surface area contributed by atoms with Crippen LogP contribution in [0.5, 0.6) is 0 Å². The molecule has 0 aliphatic heterocycles. The fraction of sp³-hybridized carbons (Fsp3) is 0.200. The van der Waals surface area contributed by atoms with Crippen LogP contribution in [0.3, 0.4) is 0 Å². The molecule has 20 heavy (non-hydrogen) atoms. The standard InChI is InChI=1S/C15H16ClN3O/c1-9-4-5-10(2)12(6-9)18-15(20)11-7-13(16)19-14(8-11)17-3/h4-8H,1-3H3,(H,17,19)(H,18,20). The normalized spacial score (nSPS) is 10.2. The number of pyridine rings is 1. The molecule has 0 spiro atoms. The number of hydrogen-bond donors (Lipinski definition) is 2. The number of nitrogens with zero attached hydrogens (tertiary/aromatic N) is 1. The zero-order chi connectivity index (χ0) is 14.7. The molecule has 0 saturated carbocycles. The summed E-state index contributed by atoms with van der Waals surface area (Å²) in [4.78, 5) is 16.3. The summed E-state index contributed by atoms with van der Waals surface area (Å²) < 4.78 is 0. The predicted molar refractivity (Wildman–Crippen MR) is 82.7 cm³/mol. The molecule has 1 heterocycles. The summed E-state index contributed by atoms with van der Waals surface area (Å²) in [6, 6.07) is 9.13. The maximum atomic E-state index is 12.3. The van der Waals surface area contributed by atoms with Crippen LogP contribution in [-0.2, 0) is 0 Å². The van der Waals surface area contributed by atoms with Crippen molar-refractivity contribution in [2.45, 2.75) is 13.8 Å². The third-order valence-corrected chi connectivity index (χ3v) is 3.15. The molecule has 1 amide bonds. The molecule has 4 nitrogen and oxygen atoms in total. The summed E-state index contributed by atoms with van der Waals surface area (Å²) in [5.41, 5.74) is 3.37. The Bertz CT molecular complexity index is 656. The van der Waals surface area contributed by atoms with E-state index in [4.69, 9.17) is 11.6 Å². The molecule has 0 bridgehead atoms. The van der Waals surface area contributed by atoms with E-state index in [1.807, 2.05) is 32.0 Å². The molecule has 0 radical (unpaired) electrons. The van der Waals surface area contributed by atoms with Crippen LogP contribution in [0.1, 0.15) is 21.5 Å². The zero-order valence-corrected chi connectivity index (χ0v) is 12.4. The van der Waals surface area contributed by atoms with Gasteiger partial charge in [0.2, 0.25) is 0 Å². The van der Waals surface area contributed by atoms with Crippen LogP contribution < -0.4 is 10.6 Å². The van der Waals surface area contributed by atoms with Crippen molar-refractivity contribution < 1.29 is 4.79 Å². The lowest BCUT2D eigenvalue weighted by Crippen LogP contribution is -2.13. The van der Waals surface area contributed by atoms with Gasteiger partial charge < -0.3 is 10.6 Å². The smallest absolute Gasteiger partial charge is 0.255 e. The van der Waals surface area contributed by atoms with E-state index < -0.39 is 0 Å². The van der Waals surface area contributed by atoms with E-state index in [9.17, 15) is 4.79 Å². The largest absolute Gasteiger partial charge is 0.373 e. The van der Waals surface area contributed by atoms with E-state index in [-0.39, 0.29) is 11.1 Å². The van der Waals surface area contributed by atoms with Crippen LogP contribution in [0.4, 0.5) is 11.5 Å². The van der Waals surface area contributed by atoms with Crippen LogP contribution >= 0.6 is 11.6 Å². The number of hydrogen-bond acceptors (Lipinski definition) is 3. The maximum absolute atomic E-state index is 12.3. The lowest BCUT2D eigenvalue weighted by atomic mass is 10.1. The molecular formula is C15H16ClN3O. The number of aryl methyl sites for hydroxylation is 2. The van der Waals surface area contributed by atoms with Gasteiger partial charge in [-0.05, 0) is 43.2 Å². The third-order valence-electron chi connectivity index (χ3n) is 2.95. The quantitative estimate of drug-likeness (QED) is 0.848. The van der Waals surface area contributed by atoms with Gasteiger partial charge in [0.15, 0.2) is 0 Å². The highest BCUT2D eigenvalue weighted by Gasteiger charge is 2.10. The van der Waals surface area contributed by atoms with Crippen molar-refractivity contribution in [2.24, 2.45) is 0 Å². The Morgan fingerprint density at radius 1 is 1.20 bits per heavy atom. The van der Waals surface area contributed by atoms with E-state index in [0.717, 1.165) is 16.8 Å². The van der Waals surface area contributed by atoms with Gasteiger partial charge in [-0.2, -0.15) is 0 Å². The number of nitrogens with one attached hydrogen (secondary N) is 2. The Morgan fingerprint density at radius 2 is 1.95 bits per heavy atom. The van der Waals surface area contributed by atoms with Gasteiger partial charge in [0.25, 0.3) is 5.91 Å². The second kappa shape index (κ2) is 5.92. The molecule has 104 valence electrons. The van der Waals surface area contributed by atoms with Crippen LogP contribution in [0.15, 0.2) is 30.3 Å². The molecule has 0 unspecified atom stereocenters. The van der Waals surface area contributed by atoms with E-state index in [0.29, 0.717) is 11.4 Å². The van der Waals surface area contributed by atoms with Crippen LogP contribution in [0, 0.1) is 13.8 Å². The highest BCUT2D eigenvalue weighted by molar-refractivity contribution is 6.30. The molecule has 0 fully saturated rings. The van der Waals surface area contributed by atoms with Crippen LogP contribution in [0.2, 0.25) is 5.15 Å². The maximum Gasteiger partial charge on any atom is 0.255 e. The minimum atomic E-state index is -0.209. The van der Waals surface area contributed by atoms with Crippen molar-refractivity contribution in [3.63, 3.8) is 0 Å². The summed E-state index contributed by atoms with van der Waals surface area (Å²) in [5.74, 6) is 0.350. The summed E-state index contributed by atoms with van der Waals surface area (Å²) in [5, 5.41) is 6.05. The minimum absolute atomic E-state index is 0.209. The van der Waals surface area contributed by atoms with Crippen molar-refractivity contribution >= 4 is 29.0 Å². The first-order valence-corrected chi connectivity index (χ1v) is 6.61. The molecule has 2 N–H and O–H groups in total. The number of amides is 1. The van der Waals surface area contributed by atoms with Crippen molar-refractivity contribution in [2.75, 3.05) is 17.7 Å². The first kappa shape index (κ1) is 14.3. The number of carbonyl (C=O) groups is 1. The van der Waals surface area contributed by atoms with Gasteiger partial charge in [0, 0.05) is 18.3 Å². The average Bonchev–Trinajstić information content (AvgIpc) is 2.42. The number of halogens is 1. The molecule has 0 saturated heterocycles. The molecule has 2 aromatic rings. The fourth-order valence-corrected chi connectivity index (χ4v) is 2.03. The Kier molecular flexibility index (Phi) is 4.25. The minimum Gasteiger partial charge on any atom is -0.373 e. The van der Waals surface area contributed by atoms with Crippen molar-refractivity contribution in [1.82, 2.24) is 4.98 Å². The van der Waals surface area contributed by atoms with Crippen LogP contribution in [-0.4, -0.2) is 17.9 Å². The molecular weight excluding hydrogens is 274 g/mol. The van der Waals surface area contributed by atoms with Gasteiger partial charge >= 0.3 is 0 Å². The lowest BCUT2D eigenvalue weighted by molar-refractivity contribution is 0.102. The number of carbonyl (C=O) groups excluding carboxylic acids is 1. The van der Waals surface area contributed by atoms with Gasteiger partial charge in [0.05, 0.1) is 0 Å². The molecule has 0 aliphatic carbocycles. The average molecular weight is 290 g/mol. The Morgan fingerprint density at radius 3 is 2.65 bits per heavy atom. The van der Waals surface area contributed by atoms with Gasteiger partial charge in [-0.15, -0.1) is 0 Å². The monoisotopic (exact) mass is 289 g/mol. The lowest BCUT2D eigenvalue weighted by Gasteiger charge is -2.10. The third kappa shape index (κ3) is 3.27. The number of aromatic nitrogens is 1. The highest BCUT2D eigenvalue weighted by atomic mass is 35.5. The Balaban J connectivity index is 2.28. The Labute approximate surface area is 123 Å². The van der Waals surface area contributed by atoms with Crippen molar-refractivity contribution in [3.05, 3.63) is 52.2 Å². The molecule has 2 rings (SSSR count).